The lowest BCUT2D eigenvalue weighted by Gasteiger charge is -2.31. The fraction of sp³-hybridized carbons (Fsp3) is 0.615. The first-order valence-electron chi connectivity index (χ1n) is 6.29. The Kier molecular flexibility index (Phi) is 3.84. The van der Waals surface area contributed by atoms with Gasteiger partial charge in [-0.1, -0.05) is 6.92 Å². The molecule has 0 radical (unpaired) electrons. The topological polar surface area (TPSA) is 45.5 Å². The first-order valence-corrected chi connectivity index (χ1v) is 6.29. The number of rotatable bonds is 3. The number of nitrogens with zero attached hydrogens (tertiary/aromatic N) is 1. The number of carbonyl (C=O) groups excluding carboxylic acids is 1. The number of nitrogens with one attached hydrogen (secondary N) is 1. The van der Waals surface area contributed by atoms with E-state index in [0.717, 1.165) is 38.1 Å². The van der Waals surface area contributed by atoms with Crippen molar-refractivity contribution in [3.8, 4) is 0 Å². The second-order valence-electron chi connectivity index (χ2n) is 4.54. The predicted molar refractivity (Wildman–Crippen MR) is 66.1 cm³/mol. The molecule has 1 unspecified atom stereocenters. The van der Waals surface area contributed by atoms with Crippen LogP contribution in [0.1, 0.15) is 36.1 Å². The van der Waals surface area contributed by atoms with Gasteiger partial charge in [-0.15, -0.1) is 0 Å². The predicted octanol–water partition coefficient (Wildman–Crippen LogP) is 1.67. The Bertz CT molecular complexity index is 381. The molecule has 4 heteroatoms. The third-order valence-corrected chi connectivity index (χ3v) is 3.36. The molecular weight excluding hydrogens is 216 g/mol. The third-order valence-electron chi connectivity index (χ3n) is 3.36. The van der Waals surface area contributed by atoms with Crippen LogP contribution in [0.15, 0.2) is 16.5 Å². The molecule has 0 aromatic carbocycles. The van der Waals surface area contributed by atoms with E-state index < -0.39 is 0 Å². The highest BCUT2D eigenvalue weighted by molar-refractivity contribution is 5.91. The van der Waals surface area contributed by atoms with Crippen molar-refractivity contribution < 1.29 is 9.21 Å². The van der Waals surface area contributed by atoms with Crippen LogP contribution in [0, 0.1) is 0 Å². The van der Waals surface area contributed by atoms with Gasteiger partial charge in [0.1, 0.15) is 5.76 Å². The molecule has 1 amide bonds. The summed E-state index contributed by atoms with van der Waals surface area (Å²) in [5, 5.41) is 3.31. The minimum atomic E-state index is -0.0154. The van der Waals surface area contributed by atoms with Gasteiger partial charge < -0.3 is 14.6 Å². The van der Waals surface area contributed by atoms with Gasteiger partial charge in [-0.25, -0.2) is 0 Å². The lowest BCUT2D eigenvalue weighted by molar-refractivity contribution is 0.0674. The monoisotopic (exact) mass is 236 g/mol. The van der Waals surface area contributed by atoms with Gasteiger partial charge in [0, 0.05) is 26.1 Å². The van der Waals surface area contributed by atoms with E-state index in [1.165, 1.54) is 0 Å². The smallest absolute Gasteiger partial charge is 0.289 e. The van der Waals surface area contributed by atoms with Crippen LogP contribution in [0.3, 0.4) is 0 Å². The SMILES string of the molecule is CCc1ccc(C(=O)N(C)C2CCCNC2)o1. The van der Waals surface area contributed by atoms with E-state index in [4.69, 9.17) is 4.42 Å². The standard InChI is InChI=1S/C13H20N2O2/c1-3-11-6-7-12(17-11)13(16)15(2)10-5-4-8-14-9-10/h6-7,10,14H,3-5,8-9H2,1-2H3. The fourth-order valence-corrected chi connectivity index (χ4v) is 2.19. The summed E-state index contributed by atoms with van der Waals surface area (Å²) in [4.78, 5) is 14.0. The highest BCUT2D eigenvalue weighted by Crippen LogP contribution is 2.15. The highest BCUT2D eigenvalue weighted by atomic mass is 16.4. The van der Waals surface area contributed by atoms with Crippen LogP contribution in [-0.2, 0) is 6.42 Å². The molecule has 0 spiro atoms. The number of furan rings is 1. The summed E-state index contributed by atoms with van der Waals surface area (Å²) in [6.07, 6.45) is 3.01. The van der Waals surface area contributed by atoms with Gasteiger partial charge in [-0.2, -0.15) is 0 Å². The largest absolute Gasteiger partial charge is 0.456 e. The van der Waals surface area contributed by atoms with Crippen molar-refractivity contribution in [3.05, 3.63) is 23.7 Å². The Morgan fingerprint density at radius 2 is 2.41 bits per heavy atom. The Morgan fingerprint density at radius 1 is 1.59 bits per heavy atom. The molecule has 2 rings (SSSR count). The number of likely N-dealkylation sites (N-methyl/N-ethyl adjacent to an activating group) is 1. The van der Waals surface area contributed by atoms with Crippen LogP contribution >= 0.6 is 0 Å². The zero-order valence-electron chi connectivity index (χ0n) is 10.5. The summed E-state index contributed by atoms with van der Waals surface area (Å²) < 4.78 is 5.49. The first-order chi connectivity index (χ1) is 8.22. The minimum absolute atomic E-state index is 0.0154. The molecule has 1 aliphatic heterocycles. The Hall–Kier alpha value is -1.29. The Balaban J connectivity index is 2.02. The molecule has 1 N–H and O–H groups in total. The molecule has 1 aliphatic rings. The summed E-state index contributed by atoms with van der Waals surface area (Å²) >= 11 is 0. The summed E-state index contributed by atoms with van der Waals surface area (Å²) in [5.41, 5.74) is 0. The van der Waals surface area contributed by atoms with Crippen molar-refractivity contribution in [1.29, 1.82) is 0 Å². The van der Waals surface area contributed by atoms with E-state index in [2.05, 4.69) is 5.32 Å². The molecule has 94 valence electrons. The van der Waals surface area contributed by atoms with Gasteiger partial charge in [-0.05, 0) is 31.5 Å². The minimum Gasteiger partial charge on any atom is -0.456 e. The van der Waals surface area contributed by atoms with E-state index in [9.17, 15) is 4.79 Å². The molecule has 4 nitrogen and oxygen atoms in total. The van der Waals surface area contributed by atoms with E-state index in [-0.39, 0.29) is 11.9 Å². The first kappa shape index (κ1) is 12.2. The van der Waals surface area contributed by atoms with Crippen LogP contribution in [0.25, 0.3) is 0 Å². The number of hydrogen-bond donors (Lipinski definition) is 1. The molecule has 1 fully saturated rings. The van der Waals surface area contributed by atoms with Crippen molar-refractivity contribution in [2.45, 2.75) is 32.2 Å². The molecule has 0 bridgehead atoms. The maximum atomic E-state index is 12.2. The Labute approximate surface area is 102 Å². The van der Waals surface area contributed by atoms with Gasteiger partial charge in [0.15, 0.2) is 5.76 Å². The zero-order chi connectivity index (χ0) is 12.3. The highest BCUT2D eigenvalue weighted by Gasteiger charge is 2.24. The van der Waals surface area contributed by atoms with E-state index in [0.29, 0.717) is 5.76 Å². The average Bonchev–Trinajstić information content (AvgIpc) is 2.87. The lowest BCUT2D eigenvalue weighted by atomic mass is 10.1. The number of hydrogen-bond acceptors (Lipinski definition) is 3. The van der Waals surface area contributed by atoms with Gasteiger partial charge in [0.25, 0.3) is 5.91 Å². The molecule has 0 aliphatic carbocycles. The van der Waals surface area contributed by atoms with Crippen molar-refractivity contribution >= 4 is 5.91 Å². The van der Waals surface area contributed by atoms with Crippen molar-refractivity contribution in [2.75, 3.05) is 20.1 Å². The third kappa shape index (κ3) is 2.69. The van der Waals surface area contributed by atoms with Crippen LogP contribution in [0.4, 0.5) is 0 Å². The molecular formula is C13H20N2O2. The van der Waals surface area contributed by atoms with Gasteiger partial charge in [0.05, 0.1) is 0 Å². The van der Waals surface area contributed by atoms with Gasteiger partial charge in [-0.3, -0.25) is 4.79 Å². The van der Waals surface area contributed by atoms with Gasteiger partial charge >= 0.3 is 0 Å². The zero-order valence-corrected chi connectivity index (χ0v) is 10.5. The van der Waals surface area contributed by atoms with Crippen molar-refractivity contribution in [3.63, 3.8) is 0 Å². The summed E-state index contributed by atoms with van der Waals surface area (Å²) in [6, 6.07) is 3.93. The summed E-state index contributed by atoms with van der Waals surface area (Å²) in [5.74, 6) is 1.30. The average molecular weight is 236 g/mol. The van der Waals surface area contributed by atoms with E-state index >= 15 is 0 Å². The second-order valence-corrected chi connectivity index (χ2v) is 4.54. The normalized spacial score (nSPS) is 20.2. The van der Waals surface area contributed by atoms with Gasteiger partial charge in [0.2, 0.25) is 0 Å². The lowest BCUT2D eigenvalue weighted by Crippen LogP contribution is -2.46. The van der Waals surface area contributed by atoms with E-state index in [1.54, 1.807) is 11.0 Å². The maximum absolute atomic E-state index is 12.2. The molecule has 1 saturated heterocycles. The van der Waals surface area contributed by atoms with Crippen LogP contribution < -0.4 is 5.32 Å². The van der Waals surface area contributed by atoms with E-state index in [1.807, 2.05) is 20.0 Å². The second kappa shape index (κ2) is 5.36. The molecule has 17 heavy (non-hydrogen) atoms. The summed E-state index contributed by atoms with van der Waals surface area (Å²) in [7, 11) is 1.86. The molecule has 1 atom stereocenters. The summed E-state index contributed by atoms with van der Waals surface area (Å²) in [6.45, 7) is 3.95. The number of aryl methyl sites for hydroxylation is 1. The van der Waals surface area contributed by atoms with Crippen molar-refractivity contribution in [2.24, 2.45) is 0 Å². The Morgan fingerprint density at radius 3 is 3.00 bits per heavy atom. The molecule has 2 heterocycles. The molecule has 0 saturated carbocycles. The quantitative estimate of drug-likeness (QED) is 0.868. The molecule has 1 aromatic rings. The maximum Gasteiger partial charge on any atom is 0.289 e. The number of piperidine rings is 1. The van der Waals surface area contributed by atoms with Crippen LogP contribution in [-0.4, -0.2) is 37.0 Å². The van der Waals surface area contributed by atoms with Crippen molar-refractivity contribution in [1.82, 2.24) is 10.2 Å². The fourth-order valence-electron chi connectivity index (χ4n) is 2.19. The van der Waals surface area contributed by atoms with Crippen LogP contribution in [0.2, 0.25) is 0 Å². The molecule has 1 aromatic heterocycles. The number of amides is 1. The number of carbonyl (C=O) groups is 1. The van der Waals surface area contributed by atoms with Crippen LogP contribution in [0.5, 0.6) is 0 Å².